The monoisotopic (exact) mass is 223 g/mol. The number of aryl methyl sites for hydroxylation is 1. The number of hydrogen-bond acceptors (Lipinski definition) is 4. The number of aromatic nitrogens is 1. The molecule has 0 spiro atoms. The van der Waals surface area contributed by atoms with E-state index in [1.807, 2.05) is 0 Å². The smallest absolute Gasteiger partial charge is 0.360 e. The standard InChI is InChI=1S/C6H10NO4PS/c1-4-7-5(3-13-4)6(11-2)12(8,9)10/h3,6H,1-2H3,(H2,8,9,10). The fraction of sp³-hybridized carbons (Fsp3) is 0.500. The van der Waals surface area contributed by atoms with Gasteiger partial charge in [0.2, 0.25) is 5.85 Å². The van der Waals surface area contributed by atoms with E-state index in [2.05, 4.69) is 4.98 Å². The van der Waals surface area contributed by atoms with E-state index < -0.39 is 13.4 Å². The van der Waals surface area contributed by atoms with Crippen LogP contribution >= 0.6 is 18.9 Å². The van der Waals surface area contributed by atoms with Gasteiger partial charge in [-0.15, -0.1) is 11.3 Å². The van der Waals surface area contributed by atoms with Crippen LogP contribution in [-0.4, -0.2) is 21.9 Å². The number of thiazole rings is 1. The molecule has 2 N–H and O–H groups in total. The third-order valence-electron chi connectivity index (χ3n) is 1.42. The Hall–Kier alpha value is -0.260. The van der Waals surface area contributed by atoms with Crippen molar-refractivity contribution in [1.29, 1.82) is 0 Å². The number of hydrogen-bond donors (Lipinski definition) is 2. The maximum absolute atomic E-state index is 10.9. The van der Waals surface area contributed by atoms with Crippen LogP contribution in [0, 0.1) is 6.92 Å². The molecule has 1 heterocycles. The summed E-state index contributed by atoms with van der Waals surface area (Å²) in [4.78, 5) is 21.7. The Kier molecular flexibility index (Phi) is 3.21. The van der Waals surface area contributed by atoms with E-state index >= 15 is 0 Å². The van der Waals surface area contributed by atoms with E-state index in [9.17, 15) is 4.57 Å². The number of ether oxygens (including phenoxy) is 1. The Morgan fingerprint density at radius 3 is 2.62 bits per heavy atom. The molecule has 0 saturated heterocycles. The van der Waals surface area contributed by atoms with Crippen LogP contribution in [0.4, 0.5) is 0 Å². The maximum Gasteiger partial charge on any atom is 0.360 e. The first-order chi connectivity index (χ1) is 5.95. The Labute approximate surface area is 79.6 Å². The highest BCUT2D eigenvalue weighted by molar-refractivity contribution is 7.52. The number of methoxy groups -OCH3 is 1. The zero-order chi connectivity index (χ0) is 10.1. The van der Waals surface area contributed by atoms with Crippen LogP contribution in [-0.2, 0) is 9.30 Å². The van der Waals surface area contributed by atoms with Gasteiger partial charge in [0.1, 0.15) is 0 Å². The van der Waals surface area contributed by atoms with Crippen molar-refractivity contribution >= 4 is 18.9 Å². The van der Waals surface area contributed by atoms with Gasteiger partial charge in [0.15, 0.2) is 0 Å². The van der Waals surface area contributed by atoms with Gasteiger partial charge in [-0.3, -0.25) is 4.57 Å². The lowest BCUT2D eigenvalue weighted by Crippen LogP contribution is -2.02. The minimum atomic E-state index is -4.26. The molecule has 0 aliphatic heterocycles. The van der Waals surface area contributed by atoms with Crippen molar-refractivity contribution in [1.82, 2.24) is 4.98 Å². The highest BCUT2D eigenvalue weighted by atomic mass is 32.1. The summed E-state index contributed by atoms with van der Waals surface area (Å²) >= 11 is 1.33. The van der Waals surface area contributed by atoms with E-state index in [-0.39, 0.29) is 0 Å². The van der Waals surface area contributed by atoms with Crippen LogP contribution in [0.1, 0.15) is 16.5 Å². The lowest BCUT2D eigenvalue weighted by Gasteiger charge is -2.13. The van der Waals surface area contributed by atoms with Crippen molar-refractivity contribution < 1.29 is 19.1 Å². The Balaban J connectivity index is 2.98. The summed E-state index contributed by atoms with van der Waals surface area (Å²) in [5.74, 6) is -1.24. The SMILES string of the molecule is COC(c1csc(C)n1)P(=O)(O)O. The highest BCUT2D eigenvalue weighted by Gasteiger charge is 2.32. The predicted octanol–water partition coefficient (Wildman–Crippen LogP) is 1.27. The molecule has 5 nitrogen and oxygen atoms in total. The molecular weight excluding hydrogens is 213 g/mol. The van der Waals surface area contributed by atoms with E-state index in [1.54, 1.807) is 12.3 Å². The predicted molar refractivity (Wildman–Crippen MR) is 48.6 cm³/mol. The van der Waals surface area contributed by atoms with Gasteiger partial charge in [-0.2, -0.15) is 0 Å². The molecule has 0 bridgehead atoms. The molecule has 1 rings (SSSR count). The van der Waals surface area contributed by atoms with Crippen LogP contribution in [0.25, 0.3) is 0 Å². The summed E-state index contributed by atoms with van der Waals surface area (Å²) < 4.78 is 15.6. The highest BCUT2D eigenvalue weighted by Crippen LogP contribution is 2.51. The Morgan fingerprint density at radius 1 is 1.69 bits per heavy atom. The molecular formula is C6H10NO4PS. The maximum atomic E-state index is 10.9. The van der Waals surface area contributed by atoms with Gasteiger partial charge in [0, 0.05) is 12.5 Å². The molecule has 1 aromatic rings. The second-order valence-corrected chi connectivity index (χ2v) is 5.18. The van der Waals surface area contributed by atoms with Crippen molar-refractivity contribution in [2.45, 2.75) is 12.8 Å². The first kappa shape index (κ1) is 10.8. The second kappa shape index (κ2) is 3.86. The second-order valence-electron chi connectivity index (χ2n) is 2.47. The molecule has 1 unspecified atom stereocenters. The van der Waals surface area contributed by atoms with Gasteiger partial charge < -0.3 is 14.5 Å². The van der Waals surface area contributed by atoms with Crippen molar-refractivity contribution in [3.05, 3.63) is 16.1 Å². The summed E-state index contributed by atoms with van der Waals surface area (Å²) in [6, 6.07) is 0. The zero-order valence-electron chi connectivity index (χ0n) is 7.17. The zero-order valence-corrected chi connectivity index (χ0v) is 8.88. The molecule has 0 aliphatic rings. The molecule has 0 aromatic carbocycles. The average Bonchev–Trinajstić information content (AvgIpc) is 2.34. The number of rotatable bonds is 3. The third-order valence-corrected chi connectivity index (χ3v) is 3.30. The lowest BCUT2D eigenvalue weighted by molar-refractivity contribution is 0.134. The van der Waals surface area contributed by atoms with Gasteiger partial charge in [-0.1, -0.05) is 0 Å². The summed E-state index contributed by atoms with van der Waals surface area (Å²) in [5.41, 5.74) is 0.290. The van der Waals surface area contributed by atoms with E-state index in [0.29, 0.717) is 5.69 Å². The first-order valence-electron chi connectivity index (χ1n) is 3.45. The Bertz CT molecular complexity index is 333. The fourth-order valence-electron chi connectivity index (χ4n) is 0.924. The van der Waals surface area contributed by atoms with Gasteiger partial charge in [-0.25, -0.2) is 4.98 Å². The number of nitrogens with zero attached hydrogens (tertiary/aromatic N) is 1. The van der Waals surface area contributed by atoms with Gasteiger partial charge in [-0.05, 0) is 6.92 Å². The van der Waals surface area contributed by atoms with E-state index in [0.717, 1.165) is 5.01 Å². The van der Waals surface area contributed by atoms with Crippen molar-refractivity contribution in [3.8, 4) is 0 Å². The summed E-state index contributed by atoms with van der Waals surface area (Å²) in [6.07, 6.45) is 0. The molecule has 74 valence electrons. The molecule has 7 heteroatoms. The molecule has 1 atom stereocenters. The lowest BCUT2D eigenvalue weighted by atomic mass is 10.5. The van der Waals surface area contributed by atoms with E-state index in [4.69, 9.17) is 14.5 Å². The summed E-state index contributed by atoms with van der Waals surface area (Å²) in [6.45, 7) is 1.76. The molecule has 0 radical (unpaired) electrons. The van der Waals surface area contributed by atoms with Gasteiger partial charge in [0.25, 0.3) is 0 Å². The molecule has 0 saturated carbocycles. The minimum absolute atomic E-state index is 0.290. The summed E-state index contributed by atoms with van der Waals surface area (Å²) in [7, 11) is -3.01. The van der Waals surface area contributed by atoms with Crippen LogP contribution in [0.5, 0.6) is 0 Å². The minimum Gasteiger partial charge on any atom is -0.363 e. The van der Waals surface area contributed by atoms with Gasteiger partial charge in [0.05, 0.1) is 10.7 Å². The Morgan fingerprint density at radius 2 is 2.31 bits per heavy atom. The molecule has 0 aliphatic carbocycles. The normalized spacial score (nSPS) is 14.5. The van der Waals surface area contributed by atoms with Crippen molar-refractivity contribution in [3.63, 3.8) is 0 Å². The molecule has 0 amide bonds. The van der Waals surface area contributed by atoms with Crippen molar-refractivity contribution in [2.24, 2.45) is 0 Å². The summed E-state index contributed by atoms with van der Waals surface area (Å²) in [5, 5.41) is 2.34. The first-order valence-corrected chi connectivity index (χ1v) is 6.01. The average molecular weight is 223 g/mol. The molecule has 1 aromatic heterocycles. The van der Waals surface area contributed by atoms with Crippen LogP contribution in [0.2, 0.25) is 0 Å². The van der Waals surface area contributed by atoms with Crippen molar-refractivity contribution in [2.75, 3.05) is 7.11 Å². The van der Waals surface area contributed by atoms with Crippen LogP contribution in [0.3, 0.4) is 0 Å². The fourth-order valence-corrected chi connectivity index (χ4v) is 2.40. The topological polar surface area (TPSA) is 79.7 Å². The van der Waals surface area contributed by atoms with Crippen LogP contribution < -0.4 is 0 Å². The third kappa shape index (κ3) is 2.59. The van der Waals surface area contributed by atoms with Crippen LogP contribution in [0.15, 0.2) is 5.38 Å². The quantitative estimate of drug-likeness (QED) is 0.754. The molecule has 0 fully saturated rings. The van der Waals surface area contributed by atoms with Gasteiger partial charge >= 0.3 is 7.60 Å². The van der Waals surface area contributed by atoms with E-state index in [1.165, 1.54) is 18.4 Å². The molecule has 13 heavy (non-hydrogen) atoms. The largest absolute Gasteiger partial charge is 0.363 e.